The molecule has 0 spiro atoms. The van der Waals surface area contributed by atoms with Crippen LogP contribution in [-0.2, 0) is 9.53 Å². The van der Waals surface area contributed by atoms with Crippen molar-refractivity contribution in [3.8, 4) is 11.5 Å². The average Bonchev–Trinajstić information content (AvgIpc) is 2.73. The molecule has 1 aromatic carbocycles. The molecule has 0 saturated heterocycles. The van der Waals surface area contributed by atoms with Gasteiger partial charge in [0.05, 0.1) is 13.2 Å². The van der Waals surface area contributed by atoms with E-state index in [4.69, 9.17) is 9.47 Å². The van der Waals surface area contributed by atoms with Crippen LogP contribution in [0.2, 0.25) is 0 Å². The van der Waals surface area contributed by atoms with Crippen LogP contribution in [0.25, 0.3) is 6.08 Å². The summed E-state index contributed by atoms with van der Waals surface area (Å²) < 4.78 is 10.6. The van der Waals surface area contributed by atoms with Crippen LogP contribution < -0.4 is 4.74 Å². The Morgan fingerprint density at radius 3 is 2.45 bits per heavy atom. The summed E-state index contributed by atoms with van der Waals surface area (Å²) in [5.41, 5.74) is 0.823. The van der Waals surface area contributed by atoms with E-state index in [0.717, 1.165) is 57.2 Å². The first kappa shape index (κ1) is 23.2. The summed E-state index contributed by atoms with van der Waals surface area (Å²) in [6.07, 6.45) is 9.79. The number of hydrogen-bond donors (Lipinski definition) is 1. The van der Waals surface area contributed by atoms with Gasteiger partial charge in [-0.1, -0.05) is 6.07 Å². The quantitative estimate of drug-likeness (QED) is 0.477. The van der Waals surface area contributed by atoms with Crippen LogP contribution >= 0.6 is 0 Å². The molecule has 0 radical (unpaired) electrons. The number of rotatable bonds is 10. The van der Waals surface area contributed by atoms with E-state index in [0.29, 0.717) is 11.9 Å². The van der Waals surface area contributed by atoms with Crippen molar-refractivity contribution in [3.63, 3.8) is 0 Å². The first-order valence-electron chi connectivity index (χ1n) is 10.5. The van der Waals surface area contributed by atoms with Gasteiger partial charge in [0.1, 0.15) is 0 Å². The summed E-state index contributed by atoms with van der Waals surface area (Å²) in [7, 11) is 7.43. The van der Waals surface area contributed by atoms with Gasteiger partial charge in [-0.05, 0) is 82.9 Å². The highest BCUT2D eigenvalue weighted by molar-refractivity contribution is 5.92. The van der Waals surface area contributed by atoms with Gasteiger partial charge in [0, 0.05) is 25.8 Å². The van der Waals surface area contributed by atoms with Gasteiger partial charge in [0.25, 0.3) is 0 Å². The first-order chi connectivity index (χ1) is 13.9. The molecule has 0 unspecified atom stereocenters. The number of ether oxygens (including phenoxy) is 2. The van der Waals surface area contributed by atoms with Crippen molar-refractivity contribution in [2.24, 2.45) is 0 Å². The van der Waals surface area contributed by atoms with E-state index in [9.17, 15) is 9.90 Å². The number of methoxy groups -OCH3 is 2. The fourth-order valence-electron chi connectivity index (χ4n) is 3.84. The van der Waals surface area contributed by atoms with E-state index in [1.807, 2.05) is 4.90 Å². The summed E-state index contributed by atoms with van der Waals surface area (Å²) in [5, 5.41) is 9.73. The van der Waals surface area contributed by atoms with Gasteiger partial charge in [0.15, 0.2) is 11.5 Å². The maximum Gasteiger partial charge on any atom is 0.246 e. The molecule has 1 aliphatic carbocycles. The Bertz CT molecular complexity index is 667. The van der Waals surface area contributed by atoms with Crippen LogP contribution in [0.1, 0.15) is 44.1 Å². The molecule has 162 valence electrons. The van der Waals surface area contributed by atoms with Gasteiger partial charge in [-0.25, -0.2) is 0 Å². The molecule has 0 aliphatic heterocycles. The topological polar surface area (TPSA) is 62.2 Å². The zero-order chi connectivity index (χ0) is 21.2. The number of unbranched alkanes of at least 4 members (excludes halogenated alkanes) is 1. The van der Waals surface area contributed by atoms with Gasteiger partial charge >= 0.3 is 0 Å². The molecule has 2 rings (SSSR count). The van der Waals surface area contributed by atoms with Gasteiger partial charge in [-0.15, -0.1) is 0 Å². The van der Waals surface area contributed by atoms with Crippen molar-refractivity contribution in [3.05, 3.63) is 29.8 Å². The summed E-state index contributed by atoms with van der Waals surface area (Å²) in [4.78, 5) is 17.2. The number of carbonyl (C=O) groups excluding carboxylic acids is 1. The Labute approximate surface area is 175 Å². The maximum atomic E-state index is 13.0. The molecule has 6 nitrogen and oxygen atoms in total. The monoisotopic (exact) mass is 404 g/mol. The Morgan fingerprint density at radius 2 is 1.83 bits per heavy atom. The average molecular weight is 405 g/mol. The molecule has 6 heteroatoms. The SMILES string of the molecule is COc1cc(C=CC(=O)N(CCCCN(C)C)C2CCC(OC)CC2)ccc1O. The van der Waals surface area contributed by atoms with Crippen molar-refractivity contribution in [1.29, 1.82) is 0 Å². The third-order valence-electron chi connectivity index (χ3n) is 5.58. The van der Waals surface area contributed by atoms with Crippen LogP contribution in [-0.4, -0.2) is 74.4 Å². The van der Waals surface area contributed by atoms with E-state index < -0.39 is 0 Å². The summed E-state index contributed by atoms with van der Waals surface area (Å²) >= 11 is 0. The highest BCUT2D eigenvalue weighted by Gasteiger charge is 2.27. The number of benzene rings is 1. The van der Waals surface area contributed by atoms with Crippen molar-refractivity contribution in [1.82, 2.24) is 9.80 Å². The van der Waals surface area contributed by atoms with Crippen molar-refractivity contribution < 1.29 is 19.4 Å². The molecule has 1 aliphatic rings. The Morgan fingerprint density at radius 1 is 1.14 bits per heavy atom. The summed E-state index contributed by atoms with van der Waals surface area (Å²) in [6.45, 7) is 1.81. The highest BCUT2D eigenvalue weighted by atomic mass is 16.5. The van der Waals surface area contributed by atoms with Crippen LogP contribution in [0.4, 0.5) is 0 Å². The smallest absolute Gasteiger partial charge is 0.246 e. The van der Waals surface area contributed by atoms with Crippen molar-refractivity contribution in [2.75, 3.05) is 41.4 Å². The number of amides is 1. The fourth-order valence-corrected chi connectivity index (χ4v) is 3.84. The Balaban J connectivity index is 2.04. The van der Waals surface area contributed by atoms with Gasteiger partial charge < -0.3 is 24.4 Å². The zero-order valence-corrected chi connectivity index (χ0v) is 18.3. The van der Waals surface area contributed by atoms with Crippen molar-refractivity contribution >= 4 is 12.0 Å². The molecule has 0 bridgehead atoms. The first-order valence-corrected chi connectivity index (χ1v) is 10.5. The molecular weight excluding hydrogens is 368 g/mol. The molecule has 1 N–H and O–H groups in total. The van der Waals surface area contributed by atoms with Crippen LogP contribution in [0, 0.1) is 0 Å². The van der Waals surface area contributed by atoms with Crippen LogP contribution in [0.5, 0.6) is 11.5 Å². The lowest BCUT2D eigenvalue weighted by atomic mass is 9.91. The standard InChI is InChI=1S/C23H36N2O4/c1-24(2)15-5-6-16-25(19-9-11-20(28-3)12-10-19)23(27)14-8-18-7-13-21(26)22(17-18)29-4/h7-8,13-14,17,19-20,26H,5-6,9-12,15-16H2,1-4H3. The van der Waals surface area contributed by atoms with Crippen LogP contribution in [0.3, 0.4) is 0 Å². The minimum absolute atomic E-state index is 0.0442. The zero-order valence-electron chi connectivity index (χ0n) is 18.3. The second kappa shape index (κ2) is 11.8. The Hall–Kier alpha value is -2.05. The Kier molecular flexibility index (Phi) is 9.48. The third kappa shape index (κ3) is 7.37. The molecule has 1 fully saturated rings. The molecular formula is C23H36N2O4. The summed E-state index contributed by atoms with van der Waals surface area (Å²) in [6, 6.07) is 5.35. The predicted octanol–water partition coefficient (Wildman–Crippen LogP) is 3.54. The van der Waals surface area contributed by atoms with E-state index in [-0.39, 0.29) is 17.7 Å². The lowest BCUT2D eigenvalue weighted by molar-refractivity contribution is -0.129. The molecule has 0 aromatic heterocycles. The van der Waals surface area contributed by atoms with E-state index >= 15 is 0 Å². The lowest BCUT2D eigenvalue weighted by Crippen LogP contribution is -2.43. The number of phenols is 1. The molecule has 0 atom stereocenters. The van der Waals surface area contributed by atoms with Crippen molar-refractivity contribution in [2.45, 2.75) is 50.7 Å². The minimum Gasteiger partial charge on any atom is -0.504 e. The normalized spacial score (nSPS) is 19.6. The maximum absolute atomic E-state index is 13.0. The fraction of sp³-hybridized carbons (Fsp3) is 0.609. The molecule has 1 amide bonds. The molecule has 29 heavy (non-hydrogen) atoms. The molecule has 1 saturated carbocycles. The van der Waals surface area contributed by atoms with Gasteiger partial charge in [-0.3, -0.25) is 4.79 Å². The van der Waals surface area contributed by atoms with Gasteiger partial charge in [-0.2, -0.15) is 0 Å². The minimum atomic E-state index is 0.0442. The lowest BCUT2D eigenvalue weighted by Gasteiger charge is -2.36. The number of carbonyl (C=O) groups is 1. The van der Waals surface area contributed by atoms with E-state index in [2.05, 4.69) is 19.0 Å². The number of nitrogens with zero attached hydrogens (tertiary/aromatic N) is 2. The second-order valence-electron chi connectivity index (χ2n) is 7.97. The number of phenolic OH excluding ortho intramolecular Hbond substituents is 1. The largest absolute Gasteiger partial charge is 0.504 e. The number of hydrogen-bond acceptors (Lipinski definition) is 5. The number of aromatic hydroxyl groups is 1. The molecule has 1 aromatic rings. The second-order valence-corrected chi connectivity index (χ2v) is 7.97. The van der Waals surface area contributed by atoms with Gasteiger partial charge in [0.2, 0.25) is 5.91 Å². The molecule has 0 heterocycles. The predicted molar refractivity (Wildman–Crippen MR) is 116 cm³/mol. The third-order valence-corrected chi connectivity index (χ3v) is 5.58. The summed E-state index contributed by atoms with van der Waals surface area (Å²) in [5.74, 6) is 0.536. The van der Waals surface area contributed by atoms with Crippen LogP contribution in [0.15, 0.2) is 24.3 Å². The highest BCUT2D eigenvalue weighted by Crippen LogP contribution is 2.28. The van der Waals surface area contributed by atoms with E-state index in [1.165, 1.54) is 7.11 Å². The van der Waals surface area contributed by atoms with E-state index in [1.54, 1.807) is 37.5 Å².